The second kappa shape index (κ2) is 5.65. The Morgan fingerprint density at radius 1 is 1.30 bits per heavy atom. The van der Waals surface area contributed by atoms with E-state index in [1.54, 1.807) is 6.08 Å². The van der Waals surface area contributed by atoms with E-state index in [9.17, 15) is 4.79 Å². The number of thiazole rings is 1. The number of benzene rings is 1. The van der Waals surface area contributed by atoms with Crippen molar-refractivity contribution in [3.8, 4) is 10.6 Å². The number of amides is 1. The summed E-state index contributed by atoms with van der Waals surface area (Å²) in [4.78, 5) is 16.6. The van der Waals surface area contributed by atoms with Crippen molar-refractivity contribution in [3.63, 3.8) is 0 Å². The summed E-state index contributed by atoms with van der Waals surface area (Å²) in [5.41, 5.74) is 1.75. The summed E-state index contributed by atoms with van der Waals surface area (Å²) in [7, 11) is 0. The molecule has 1 aliphatic rings. The van der Waals surface area contributed by atoms with E-state index in [1.807, 2.05) is 29.6 Å². The number of thioether (sulfide) groups is 1. The predicted octanol–water partition coefficient (Wildman–Crippen LogP) is 3.95. The topological polar surface area (TPSA) is 42.0 Å². The highest BCUT2D eigenvalue weighted by molar-refractivity contribution is 8.26. The standard InChI is InChI=1S/C13H7ClN2OS3/c14-8-3-1-7(2-4-8)12-15-9(6-19-12)5-10-11(17)16-13(18)20-10/h1-6H,(H,16,17,18)/b10-5-. The number of carbonyl (C=O) groups excluding carboxylic acids is 1. The lowest BCUT2D eigenvalue weighted by molar-refractivity contribution is -0.115. The molecule has 1 saturated heterocycles. The van der Waals surface area contributed by atoms with E-state index >= 15 is 0 Å². The maximum atomic E-state index is 11.6. The lowest BCUT2D eigenvalue weighted by atomic mass is 10.2. The van der Waals surface area contributed by atoms with Gasteiger partial charge in [-0.3, -0.25) is 4.79 Å². The summed E-state index contributed by atoms with van der Waals surface area (Å²) in [6.45, 7) is 0. The van der Waals surface area contributed by atoms with Crippen molar-refractivity contribution >= 4 is 63.2 Å². The first-order valence-corrected chi connectivity index (χ1v) is 8.06. The van der Waals surface area contributed by atoms with Crippen LogP contribution in [0.15, 0.2) is 34.6 Å². The number of nitrogens with zero attached hydrogens (tertiary/aromatic N) is 1. The van der Waals surface area contributed by atoms with Crippen LogP contribution < -0.4 is 5.32 Å². The molecule has 0 bridgehead atoms. The fourth-order valence-electron chi connectivity index (χ4n) is 1.63. The highest BCUT2D eigenvalue weighted by Gasteiger charge is 2.22. The first-order valence-electron chi connectivity index (χ1n) is 5.58. The van der Waals surface area contributed by atoms with Gasteiger partial charge in [0.05, 0.1) is 10.6 Å². The van der Waals surface area contributed by atoms with Crippen LogP contribution in [0.2, 0.25) is 5.02 Å². The highest BCUT2D eigenvalue weighted by atomic mass is 35.5. The molecule has 0 unspecified atom stereocenters. The maximum absolute atomic E-state index is 11.6. The average molecular weight is 339 g/mol. The Balaban J connectivity index is 1.87. The van der Waals surface area contributed by atoms with Gasteiger partial charge in [-0.1, -0.05) is 47.7 Å². The van der Waals surface area contributed by atoms with Crippen molar-refractivity contribution in [1.29, 1.82) is 0 Å². The van der Waals surface area contributed by atoms with E-state index in [-0.39, 0.29) is 5.91 Å². The molecule has 2 aromatic rings. The third kappa shape index (κ3) is 2.93. The molecule has 100 valence electrons. The van der Waals surface area contributed by atoms with Crippen LogP contribution in [0, 0.1) is 0 Å². The molecule has 0 spiro atoms. The molecule has 1 aromatic carbocycles. The Kier molecular flexibility index (Phi) is 3.89. The molecular weight excluding hydrogens is 332 g/mol. The maximum Gasteiger partial charge on any atom is 0.263 e. The SMILES string of the molecule is O=C1NC(=S)S/C1=C\c1csc(-c2ccc(Cl)cc2)n1. The van der Waals surface area contributed by atoms with Crippen LogP contribution in [-0.4, -0.2) is 15.2 Å². The van der Waals surface area contributed by atoms with Crippen LogP contribution in [0.5, 0.6) is 0 Å². The van der Waals surface area contributed by atoms with Gasteiger partial charge in [0.25, 0.3) is 5.91 Å². The van der Waals surface area contributed by atoms with Crippen molar-refractivity contribution in [2.75, 3.05) is 0 Å². The summed E-state index contributed by atoms with van der Waals surface area (Å²) < 4.78 is 0.481. The van der Waals surface area contributed by atoms with Gasteiger partial charge < -0.3 is 5.32 Å². The van der Waals surface area contributed by atoms with E-state index in [0.29, 0.717) is 14.2 Å². The minimum Gasteiger partial charge on any atom is -0.307 e. The molecule has 1 N–H and O–H groups in total. The molecule has 1 aliphatic heterocycles. The number of aromatic nitrogens is 1. The predicted molar refractivity (Wildman–Crippen MR) is 88.9 cm³/mol. The van der Waals surface area contributed by atoms with E-state index in [1.165, 1.54) is 23.1 Å². The molecule has 3 nitrogen and oxygen atoms in total. The molecule has 1 fully saturated rings. The number of rotatable bonds is 2. The molecule has 1 amide bonds. The van der Waals surface area contributed by atoms with E-state index in [0.717, 1.165) is 16.3 Å². The summed E-state index contributed by atoms with van der Waals surface area (Å²) in [6.07, 6.45) is 1.75. The molecule has 0 saturated carbocycles. The molecular formula is C13H7ClN2OS3. The van der Waals surface area contributed by atoms with Crippen LogP contribution in [0.1, 0.15) is 5.69 Å². The van der Waals surface area contributed by atoms with Crippen molar-refractivity contribution < 1.29 is 4.79 Å². The van der Waals surface area contributed by atoms with E-state index in [2.05, 4.69) is 10.3 Å². The fraction of sp³-hybridized carbons (Fsp3) is 0. The van der Waals surface area contributed by atoms with Gasteiger partial charge in [-0.2, -0.15) is 0 Å². The second-order valence-corrected chi connectivity index (χ2v) is 6.95. The summed E-state index contributed by atoms with van der Waals surface area (Å²) >= 11 is 13.6. The minimum atomic E-state index is -0.166. The highest BCUT2D eigenvalue weighted by Crippen LogP contribution is 2.29. The van der Waals surface area contributed by atoms with E-state index in [4.69, 9.17) is 23.8 Å². The number of hydrogen-bond donors (Lipinski definition) is 1. The zero-order chi connectivity index (χ0) is 14.1. The van der Waals surface area contributed by atoms with Gasteiger partial charge in [-0.15, -0.1) is 11.3 Å². The summed E-state index contributed by atoms with van der Waals surface area (Å²) in [5, 5.41) is 6.07. The van der Waals surface area contributed by atoms with Crippen LogP contribution in [0.3, 0.4) is 0 Å². The number of thiocarbonyl (C=S) groups is 1. The van der Waals surface area contributed by atoms with Gasteiger partial charge in [-0.05, 0) is 18.2 Å². The van der Waals surface area contributed by atoms with Crippen LogP contribution >= 0.6 is 46.9 Å². The molecule has 0 radical (unpaired) electrons. The molecule has 20 heavy (non-hydrogen) atoms. The molecule has 0 atom stereocenters. The zero-order valence-corrected chi connectivity index (χ0v) is 13.1. The zero-order valence-electron chi connectivity index (χ0n) is 9.92. The molecule has 0 aliphatic carbocycles. The van der Waals surface area contributed by atoms with Gasteiger partial charge in [0.2, 0.25) is 0 Å². The van der Waals surface area contributed by atoms with Crippen molar-refractivity contribution in [2.45, 2.75) is 0 Å². The van der Waals surface area contributed by atoms with Crippen molar-refractivity contribution in [3.05, 3.63) is 45.3 Å². The summed E-state index contributed by atoms with van der Waals surface area (Å²) in [6, 6.07) is 7.50. The Bertz CT molecular complexity index is 721. The molecule has 1 aromatic heterocycles. The number of carbonyl (C=O) groups is 1. The van der Waals surface area contributed by atoms with Crippen molar-refractivity contribution in [1.82, 2.24) is 10.3 Å². The Morgan fingerprint density at radius 3 is 2.70 bits per heavy atom. The third-order valence-corrected chi connectivity index (χ3v) is 4.86. The monoisotopic (exact) mass is 338 g/mol. The normalized spacial score (nSPS) is 16.8. The third-order valence-electron chi connectivity index (χ3n) is 2.53. The first kappa shape index (κ1) is 13.8. The molecule has 2 heterocycles. The molecule has 7 heteroatoms. The van der Waals surface area contributed by atoms with Gasteiger partial charge in [0.15, 0.2) is 0 Å². The minimum absolute atomic E-state index is 0.166. The van der Waals surface area contributed by atoms with E-state index < -0.39 is 0 Å². The quantitative estimate of drug-likeness (QED) is 0.665. The smallest absolute Gasteiger partial charge is 0.263 e. The fourth-order valence-corrected chi connectivity index (χ4v) is 3.57. The Hall–Kier alpha value is -1.21. The van der Waals surface area contributed by atoms with Gasteiger partial charge >= 0.3 is 0 Å². The average Bonchev–Trinajstić information content (AvgIpc) is 2.98. The second-order valence-electron chi connectivity index (χ2n) is 3.94. The Labute approximate surface area is 134 Å². The van der Waals surface area contributed by atoms with Gasteiger partial charge in [0.1, 0.15) is 9.33 Å². The van der Waals surface area contributed by atoms with Gasteiger partial charge in [-0.25, -0.2) is 4.98 Å². The van der Waals surface area contributed by atoms with Gasteiger partial charge in [0, 0.05) is 16.0 Å². The largest absolute Gasteiger partial charge is 0.307 e. The Morgan fingerprint density at radius 2 is 2.05 bits per heavy atom. The van der Waals surface area contributed by atoms with Crippen LogP contribution in [0.25, 0.3) is 16.6 Å². The number of hydrogen-bond acceptors (Lipinski definition) is 5. The molecule has 3 rings (SSSR count). The number of halogens is 1. The van der Waals surface area contributed by atoms with Crippen LogP contribution in [-0.2, 0) is 4.79 Å². The lowest BCUT2D eigenvalue weighted by Crippen LogP contribution is -2.17. The first-order chi connectivity index (χ1) is 9.61. The lowest BCUT2D eigenvalue weighted by Gasteiger charge is -1.95. The summed E-state index contributed by atoms with van der Waals surface area (Å²) in [5.74, 6) is -0.166. The number of nitrogens with one attached hydrogen (secondary N) is 1. The van der Waals surface area contributed by atoms with Crippen LogP contribution in [0.4, 0.5) is 0 Å². The van der Waals surface area contributed by atoms with Crippen molar-refractivity contribution in [2.24, 2.45) is 0 Å².